The summed E-state index contributed by atoms with van der Waals surface area (Å²) in [6.45, 7) is 0.498. The van der Waals surface area contributed by atoms with Gasteiger partial charge in [0.15, 0.2) is 39.9 Å². The van der Waals surface area contributed by atoms with Gasteiger partial charge >= 0.3 is 0 Å². The van der Waals surface area contributed by atoms with Crippen molar-refractivity contribution in [3.63, 3.8) is 0 Å². The Morgan fingerprint density at radius 2 is 0.886 bits per heavy atom. The normalized spacial score (nSPS) is 14.4. The van der Waals surface area contributed by atoms with Gasteiger partial charge in [-0.1, -0.05) is 0 Å². The molecule has 8 rings (SSSR count). The molecule has 1 aliphatic rings. The SMILES string of the molecule is NCCCC[C@@H]1NC(=O)c2coc(n2)-c2coc(n2)-c2coc(n2)-c2coc(n2)-c2coc(n2)-c2coc(n2)-c2coc1n2. The lowest BCUT2D eigenvalue weighted by molar-refractivity contribution is 0.0922. The molecule has 0 aromatic carbocycles. The first-order valence-electron chi connectivity index (χ1n) is 13.3. The number of fused-ring (bicyclic) bond motifs is 20. The zero-order chi connectivity index (χ0) is 29.6. The van der Waals surface area contributed by atoms with E-state index in [1.165, 1.54) is 43.8 Å². The number of nitrogens with two attached hydrogens (primary N) is 1. The molecule has 7 aromatic heterocycles. The smallest absolute Gasteiger partial charge is 0.273 e. The second kappa shape index (κ2) is 10.3. The maximum absolute atomic E-state index is 13.2. The number of aromatic nitrogens is 7. The first-order chi connectivity index (χ1) is 21.6. The summed E-state index contributed by atoms with van der Waals surface area (Å²) >= 11 is 0. The Hall–Kier alpha value is -6.10. The average Bonchev–Trinajstić information content (AvgIpc) is 3.86. The molecule has 44 heavy (non-hydrogen) atoms. The first-order valence-corrected chi connectivity index (χ1v) is 13.3. The van der Waals surface area contributed by atoms with Gasteiger partial charge in [0.25, 0.3) is 5.91 Å². The van der Waals surface area contributed by atoms with Gasteiger partial charge in [-0.05, 0) is 25.8 Å². The lowest BCUT2D eigenvalue weighted by Crippen LogP contribution is -2.29. The molecule has 1 atom stereocenters. The zero-order valence-corrected chi connectivity index (χ0v) is 22.4. The van der Waals surface area contributed by atoms with Crippen molar-refractivity contribution in [2.24, 2.45) is 5.73 Å². The lowest BCUT2D eigenvalue weighted by Gasteiger charge is -2.14. The van der Waals surface area contributed by atoms with Gasteiger partial charge in [0.2, 0.25) is 41.2 Å². The molecule has 8 heterocycles. The minimum absolute atomic E-state index is 0.0165. The number of unbranched alkanes of at least 4 members (excludes halogenated alkanes) is 1. The molecule has 1 amide bonds. The molecule has 0 saturated heterocycles. The van der Waals surface area contributed by atoms with Crippen molar-refractivity contribution < 1.29 is 35.7 Å². The highest BCUT2D eigenvalue weighted by molar-refractivity contribution is 5.92. The van der Waals surface area contributed by atoms with Gasteiger partial charge in [-0.3, -0.25) is 4.79 Å². The van der Waals surface area contributed by atoms with E-state index >= 15 is 0 Å². The molecule has 3 N–H and O–H groups in total. The Bertz CT molecular complexity index is 2090. The van der Waals surface area contributed by atoms with Crippen LogP contribution in [0, 0.1) is 0 Å². The summed E-state index contributed by atoms with van der Waals surface area (Å²) in [5.41, 5.74) is 7.43. The van der Waals surface area contributed by atoms with Gasteiger partial charge in [0, 0.05) is 0 Å². The van der Waals surface area contributed by atoms with Crippen LogP contribution in [0.1, 0.15) is 41.7 Å². The highest BCUT2D eigenvalue weighted by atomic mass is 16.4. The van der Waals surface area contributed by atoms with E-state index in [2.05, 4.69) is 40.2 Å². The number of amides is 1. The van der Waals surface area contributed by atoms with E-state index in [1.54, 1.807) is 0 Å². The second-order valence-electron chi connectivity index (χ2n) is 9.61. The average molecular weight is 598 g/mol. The number of hydrogen-bond acceptors (Lipinski definition) is 16. The van der Waals surface area contributed by atoms with Crippen molar-refractivity contribution >= 4 is 5.91 Å². The minimum atomic E-state index is -0.608. The number of oxazole rings is 7. The van der Waals surface area contributed by atoms with Crippen molar-refractivity contribution in [1.82, 2.24) is 40.2 Å². The molecule has 0 aliphatic carbocycles. The quantitative estimate of drug-likeness (QED) is 0.265. The summed E-state index contributed by atoms with van der Waals surface area (Å²) < 4.78 is 39.2. The van der Waals surface area contributed by atoms with Crippen molar-refractivity contribution in [1.29, 1.82) is 0 Å². The van der Waals surface area contributed by atoms with Crippen LogP contribution < -0.4 is 11.1 Å². The third kappa shape index (κ3) is 4.56. The van der Waals surface area contributed by atoms with Gasteiger partial charge in [0.05, 0.1) is 0 Å². The molecule has 220 valence electrons. The Labute approximate surface area is 244 Å². The Morgan fingerprint density at radius 3 is 1.32 bits per heavy atom. The maximum Gasteiger partial charge on any atom is 0.273 e. The van der Waals surface area contributed by atoms with Crippen LogP contribution in [-0.4, -0.2) is 47.3 Å². The van der Waals surface area contributed by atoms with Gasteiger partial charge < -0.3 is 42.0 Å². The van der Waals surface area contributed by atoms with Crippen molar-refractivity contribution in [3.8, 4) is 69.5 Å². The zero-order valence-electron chi connectivity index (χ0n) is 22.4. The molecule has 0 radical (unpaired) electrons. The molecular weight excluding hydrogens is 578 g/mol. The van der Waals surface area contributed by atoms with Crippen LogP contribution in [-0.2, 0) is 0 Å². The number of nitrogens with zero attached hydrogens (tertiary/aromatic N) is 7. The number of carbonyl (C=O) groups is 1. The summed E-state index contributed by atoms with van der Waals surface area (Å²) in [6, 6.07) is -0.608. The molecule has 0 saturated carbocycles. The number of rotatable bonds is 4. The maximum atomic E-state index is 13.2. The van der Waals surface area contributed by atoms with Crippen LogP contribution in [0.2, 0.25) is 0 Å². The van der Waals surface area contributed by atoms with E-state index in [1.807, 2.05) is 0 Å². The van der Waals surface area contributed by atoms with Gasteiger partial charge in [-0.15, -0.1) is 0 Å². The largest absolute Gasteiger partial charge is 0.446 e. The summed E-state index contributed by atoms with van der Waals surface area (Å²) in [6.07, 6.45) is 11.3. The predicted molar refractivity (Wildman–Crippen MR) is 143 cm³/mol. The molecule has 7 aromatic rings. The number of nitrogens with one attached hydrogen (secondary N) is 1. The highest BCUT2D eigenvalue weighted by Gasteiger charge is 2.26. The fraction of sp³-hybridized carbons (Fsp3) is 0.185. The highest BCUT2D eigenvalue weighted by Crippen LogP contribution is 2.31. The second-order valence-corrected chi connectivity index (χ2v) is 9.61. The van der Waals surface area contributed by atoms with Crippen molar-refractivity contribution in [3.05, 3.63) is 55.4 Å². The lowest BCUT2D eigenvalue weighted by atomic mass is 10.1. The Kier molecular flexibility index (Phi) is 6.00. The van der Waals surface area contributed by atoms with Crippen LogP contribution in [0.5, 0.6) is 0 Å². The molecule has 0 unspecified atom stereocenters. The molecule has 0 spiro atoms. The monoisotopic (exact) mass is 597 g/mol. The van der Waals surface area contributed by atoms with E-state index in [-0.39, 0.29) is 58.3 Å². The molecular formula is C27H19N9O8. The van der Waals surface area contributed by atoms with Crippen LogP contribution >= 0.6 is 0 Å². The van der Waals surface area contributed by atoms with Gasteiger partial charge in [0.1, 0.15) is 49.9 Å². The Morgan fingerprint density at radius 1 is 0.523 bits per heavy atom. The van der Waals surface area contributed by atoms with Crippen LogP contribution in [0.15, 0.2) is 74.8 Å². The fourth-order valence-electron chi connectivity index (χ4n) is 4.47. The number of hydrogen-bond donors (Lipinski definition) is 2. The Balaban J connectivity index is 1.19. The molecule has 0 fully saturated rings. The summed E-state index contributed by atoms with van der Waals surface area (Å²) in [5.74, 6) is 0.551. The topological polar surface area (TPSA) is 237 Å². The third-order valence-corrected chi connectivity index (χ3v) is 6.64. The van der Waals surface area contributed by atoms with Crippen LogP contribution in [0.25, 0.3) is 69.5 Å². The van der Waals surface area contributed by atoms with Crippen molar-refractivity contribution in [2.45, 2.75) is 25.3 Å². The van der Waals surface area contributed by atoms with E-state index in [4.69, 9.17) is 36.7 Å². The summed E-state index contributed by atoms with van der Waals surface area (Å²) in [5, 5.41) is 2.90. The summed E-state index contributed by atoms with van der Waals surface area (Å²) in [7, 11) is 0. The van der Waals surface area contributed by atoms with E-state index in [0.717, 1.165) is 6.42 Å². The fourth-order valence-corrected chi connectivity index (χ4v) is 4.47. The van der Waals surface area contributed by atoms with E-state index in [9.17, 15) is 4.79 Å². The number of carbonyl (C=O) groups excluding carboxylic acids is 1. The van der Waals surface area contributed by atoms with E-state index < -0.39 is 11.9 Å². The van der Waals surface area contributed by atoms with Gasteiger partial charge in [-0.2, -0.15) is 0 Å². The van der Waals surface area contributed by atoms with Gasteiger partial charge in [-0.25, -0.2) is 34.9 Å². The summed E-state index contributed by atoms with van der Waals surface area (Å²) in [4.78, 5) is 44.0. The third-order valence-electron chi connectivity index (χ3n) is 6.64. The standard InChI is InChI=1S/C27H19N9O8/c28-4-2-1-3-12-21-31-15(6-39-21)23-33-17(8-41-23)25-35-19(10-43-25)27-36-18(11-44-27)26-34-16(9-42-26)24-32-14(7-40-24)22-30-13(5-38-22)20(37)29-12/h5-12H,1-4,28H2,(H,29,37)/t12-/m0/s1. The van der Waals surface area contributed by atoms with Crippen molar-refractivity contribution in [2.75, 3.05) is 6.54 Å². The van der Waals surface area contributed by atoms with Crippen LogP contribution in [0.3, 0.4) is 0 Å². The minimum Gasteiger partial charge on any atom is -0.446 e. The van der Waals surface area contributed by atoms with E-state index in [0.29, 0.717) is 42.2 Å². The molecule has 1 aliphatic heterocycles. The molecule has 17 nitrogen and oxygen atoms in total. The van der Waals surface area contributed by atoms with Crippen LogP contribution in [0.4, 0.5) is 0 Å². The molecule has 14 bridgehead atoms. The first kappa shape index (κ1) is 25.6. The molecule has 17 heteroatoms. The predicted octanol–water partition coefficient (Wildman–Crippen LogP) is 4.52.